The third-order valence-corrected chi connectivity index (χ3v) is 6.75. The highest BCUT2D eigenvalue weighted by atomic mass is 32.2. The maximum atomic E-state index is 12.7. The first-order valence-corrected chi connectivity index (χ1v) is 12.9. The van der Waals surface area contributed by atoms with Crippen LogP contribution in [0.1, 0.15) is 16.7 Å². The fourth-order valence-corrected chi connectivity index (χ4v) is 4.53. The number of carbonyl (C=O) groups excluding carboxylic acids is 1. The molecule has 0 fully saturated rings. The molecule has 0 atom stereocenters. The van der Waals surface area contributed by atoms with E-state index < -0.39 is 5.91 Å². The first kappa shape index (κ1) is 25.3. The molecule has 0 aliphatic carbocycles. The van der Waals surface area contributed by atoms with Gasteiger partial charge in [0.15, 0.2) is 5.84 Å². The van der Waals surface area contributed by atoms with Gasteiger partial charge in [0.2, 0.25) is 5.17 Å². The van der Waals surface area contributed by atoms with Crippen LogP contribution < -0.4 is 14.2 Å². The van der Waals surface area contributed by atoms with Crippen molar-refractivity contribution in [2.45, 2.75) is 13.8 Å². The maximum absolute atomic E-state index is 12.7. The van der Waals surface area contributed by atoms with Crippen LogP contribution in [0.3, 0.4) is 0 Å². The smallest absolute Gasteiger partial charge is 0.283 e. The Bertz CT molecular complexity index is 1470. The van der Waals surface area contributed by atoms with E-state index in [-0.39, 0.29) is 18.0 Å². The number of hydrogen-bond acceptors (Lipinski definition) is 7. The van der Waals surface area contributed by atoms with E-state index in [1.54, 1.807) is 6.08 Å². The van der Waals surface area contributed by atoms with Gasteiger partial charge in [0.1, 0.15) is 42.1 Å². The molecule has 8 nitrogen and oxygen atoms in total. The lowest BCUT2D eigenvalue weighted by Gasteiger charge is -2.20. The summed E-state index contributed by atoms with van der Waals surface area (Å²) in [6.45, 7) is 5.10. The van der Waals surface area contributed by atoms with Gasteiger partial charge in [-0.3, -0.25) is 10.2 Å². The number of thioether (sulfide) groups is 1. The SMILES string of the molecule is Cc1ccc(OCCOc2cccc(/C=C3\C(=N)N4N=C(COc5ccccc5)SC4=NC3=O)c2)cc1C. The third-order valence-electron chi connectivity index (χ3n) is 5.87. The Balaban J connectivity index is 1.20. The predicted octanol–water partition coefficient (Wildman–Crippen LogP) is 5.46. The van der Waals surface area contributed by atoms with Crippen molar-refractivity contribution in [2.24, 2.45) is 10.1 Å². The average Bonchev–Trinajstić information content (AvgIpc) is 3.34. The van der Waals surface area contributed by atoms with Crippen molar-refractivity contribution in [3.63, 3.8) is 0 Å². The van der Waals surface area contributed by atoms with Gasteiger partial charge in [0.05, 0.1) is 5.57 Å². The van der Waals surface area contributed by atoms with E-state index >= 15 is 0 Å². The molecule has 2 heterocycles. The molecule has 0 saturated heterocycles. The summed E-state index contributed by atoms with van der Waals surface area (Å²) >= 11 is 1.22. The molecule has 3 aromatic carbocycles. The van der Waals surface area contributed by atoms with Gasteiger partial charge in [-0.1, -0.05) is 36.4 Å². The summed E-state index contributed by atoms with van der Waals surface area (Å²) in [7, 11) is 0. The fourth-order valence-electron chi connectivity index (χ4n) is 3.74. The van der Waals surface area contributed by atoms with Crippen molar-refractivity contribution in [1.29, 1.82) is 5.41 Å². The van der Waals surface area contributed by atoms with Crippen molar-refractivity contribution in [3.05, 3.63) is 95.1 Å². The van der Waals surface area contributed by atoms with E-state index in [0.29, 0.717) is 40.5 Å². The normalized spacial score (nSPS) is 15.7. The Labute approximate surface area is 225 Å². The molecule has 2 aliphatic rings. The molecule has 1 amide bonds. The number of para-hydroxylation sites is 1. The number of aliphatic imine (C=N–C) groups is 1. The van der Waals surface area contributed by atoms with Crippen LogP contribution in [0.2, 0.25) is 0 Å². The van der Waals surface area contributed by atoms with Crippen molar-refractivity contribution in [3.8, 4) is 17.2 Å². The van der Waals surface area contributed by atoms with Gasteiger partial charge in [0.25, 0.3) is 5.91 Å². The number of amidine groups is 2. The number of nitrogens with zero attached hydrogens (tertiary/aromatic N) is 3. The van der Waals surface area contributed by atoms with Crippen molar-refractivity contribution in [2.75, 3.05) is 19.8 Å². The zero-order valence-electron chi connectivity index (χ0n) is 21.0. The van der Waals surface area contributed by atoms with Crippen LogP contribution in [0, 0.1) is 19.3 Å². The molecule has 0 unspecified atom stereocenters. The fraction of sp³-hybridized carbons (Fsp3) is 0.172. The van der Waals surface area contributed by atoms with Crippen LogP contribution in [0.15, 0.2) is 88.5 Å². The molecule has 0 aromatic heterocycles. The molecule has 38 heavy (non-hydrogen) atoms. The van der Waals surface area contributed by atoms with E-state index in [2.05, 4.69) is 23.9 Å². The van der Waals surface area contributed by atoms with E-state index in [1.165, 1.54) is 27.9 Å². The number of aryl methyl sites for hydroxylation is 2. The van der Waals surface area contributed by atoms with Gasteiger partial charge < -0.3 is 14.2 Å². The van der Waals surface area contributed by atoms with E-state index in [4.69, 9.17) is 19.6 Å². The van der Waals surface area contributed by atoms with E-state index in [0.717, 1.165) is 5.75 Å². The van der Waals surface area contributed by atoms with Crippen LogP contribution in [0.25, 0.3) is 6.08 Å². The van der Waals surface area contributed by atoms with E-state index in [1.807, 2.05) is 72.8 Å². The van der Waals surface area contributed by atoms with Gasteiger partial charge in [-0.2, -0.15) is 15.1 Å². The average molecular weight is 527 g/mol. The molecule has 0 spiro atoms. The summed E-state index contributed by atoms with van der Waals surface area (Å²) in [5.74, 6) is 1.64. The first-order chi connectivity index (χ1) is 18.5. The number of benzene rings is 3. The molecule has 3 aromatic rings. The van der Waals surface area contributed by atoms with Crippen LogP contribution in [-0.2, 0) is 4.79 Å². The summed E-state index contributed by atoms with van der Waals surface area (Å²) in [4.78, 5) is 16.9. The number of rotatable bonds is 9. The topological polar surface area (TPSA) is 96.6 Å². The van der Waals surface area contributed by atoms with Gasteiger partial charge in [-0.25, -0.2) is 0 Å². The third kappa shape index (κ3) is 5.95. The Kier molecular flexibility index (Phi) is 7.55. The monoisotopic (exact) mass is 526 g/mol. The number of hydrazone groups is 1. The zero-order valence-corrected chi connectivity index (χ0v) is 21.8. The zero-order chi connectivity index (χ0) is 26.5. The molecule has 192 valence electrons. The molecule has 0 radical (unpaired) electrons. The summed E-state index contributed by atoms with van der Waals surface area (Å²) in [6.07, 6.45) is 1.63. The van der Waals surface area contributed by atoms with Crippen LogP contribution in [0.5, 0.6) is 17.2 Å². The minimum Gasteiger partial charge on any atom is -0.490 e. The number of carbonyl (C=O) groups is 1. The Morgan fingerprint density at radius 2 is 1.61 bits per heavy atom. The van der Waals surface area contributed by atoms with Gasteiger partial charge >= 0.3 is 0 Å². The Morgan fingerprint density at radius 1 is 0.868 bits per heavy atom. The van der Waals surface area contributed by atoms with Gasteiger partial charge in [0, 0.05) is 0 Å². The number of nitrogens with one attached hydrogen (secondary N) is 1. The molecule has 9 heteroatoms. The van der Waals surface area contributed by atoms with Gasteiger partial charge in [-0.15, -0.1) is 0 Å². The predicted molar refractivity (Wildman–Crippen MR) is 150 cm³/mol. The second kappa shape index (κ2) is 11.4. The molecular weight excluding hydrogens is 500 g/mol. The summed E-state index contributed by atoms with van der Waals surface area (Å²) in [5.41, 5.74) is 3.27. The molecular formula is C29H26N4O4S. The van der Waals surface area contributed by atoms with Crippen molar-refractivity contribution >= 4 is 39.8 Å². The highest BCUT2D eigenvalue weighted by Crippen LogP contribution is 2.29. The molecule has 2 aliphatic heterocycles. The lowest BCUT2D eigenvalue weighted by molar-refractivity contribution is -0.114. The van der Waals surface area contributed by atoms with Crippen molar-refractivity contribution < 1.29 is 19.0 Å². The molecule has 5 rings (SSSR count). The summed E-state index contributed by atoms with van der Waals surface area (Å²) in [6, 6.07) is 22.7. The standard InChI is InChI=1S/C29H26N4O4S/c1-19-11-12-24(15-20(19)2)36-14-13-35-23-10-6-7-21(16-23)17-25-27(30)33-29(31-28(25)34)38-26(32-33)18-37-22-8-4-3-5-9-22/h3-12,15-17,30H,13-14,18H2,1-2H3/b25-17+,30-27?. The van der Waals surface area contributed by atoms with E-state index in [9.17, 15) is 4.79 Å². The summed E-state index contributed by atoms with van der Waals surface area (Å²) < 4.78 is 17.4. The molecule has 0 bridgehead atoms. The highest BCUT2D eigenvalue weighted by molar-refractivity contribution is 8.27. The van der Waals surface area contributed by atoms with Crippen LogP contribution >= 0.6 is 11.8 Å². The second-order valence-electron chi connectivity index (χ2n) is 8.63. The molecule has 1 N–H and O–H groups in total. The van der Waals surface area contributed by atoms with Crippen LogP contribution in [0.4, 0.5) is 0 Å². The van der Waals surface area contributed by atoms with Crippen LogP contribution in [-0.4, -0.2) is 46.8 Å². The lowest BCUT2D eigenvalue weighted by Crippen LogP contribution is -2.35. The number of fused-ring (bicyclic) bond motifs is 1. The minimum absolute atomic E-state index is 0.0321. The Morgan fingerprint density at radius 3 is 2.37 bits per heavy atom. The first-order valence-electron chi connectivity index (χ1n) is 12.1. The lowest BCUT2D eigenvalue weighted by atomic mass is 10.1. The van der Waals surface area contributed by atoms with Crippen molar-refractivity contribution in [1.82, 2.24) is 5.01 Å². The Hall–Kier alpha value is -4.37. The van der Waals surface area contributed by atoms with Gasteiger partial charge in [-0.05, 0) is 84.8 Å². The number of amides is 1. The number of hydrogen-bond donors (Lipinski definition) is 1. The number of ether oxygens (including phenoxy) is 3. The summed E-state index contributed by atoms with van der Waals surface area (Å²) in [5, 5.41) is 15.4. The minimum atomic E-state index is -0.484. The second-order valence-corrected chi connectivity index (χ2v) is 9.67. The largest absolute Gasteiger partial charge is 0.490 e. The maximum Gasteiger partial charge on any atom is 0.283 e. The quantitative estimate of drug-likeness (QED) is 0.294. The molecule has 0 saturated carbocycles. The highest BCUT2D eigenvalue weighted by Gasteiger charge is 2.35.